The molecule has 2 saturated heterocycles. The van der Waals surface area contributed by atoms with Crippen molar-refractivity contribution in [3.8, 4) is 5.75 Å². The smallest absolute Gasteiger partial charge is 0.290 e. The highest BCUT2D eigenvalue weighted by atomic mass is 19.1. The topological polar surface area (TPSA) is 90.4 Å². The number of halogens is 2. The largest absolute Gasteiger partial charge is 0.494 e. The van der Waals surface area contributed by atoms with E-state index >= 15 is 0 Å². The number of benzene rings is 2. The van der Waals surface area contributed by atoms with Crippen LogP contribution in [-0.2, 0) is 9.59 Å². The molecule has 8 nitrogen and oxygen atoms in total. The average molecular weight is 504 g/mol. The maximum atomic E-state index is 13.4. The lowest BCUT2D eigenvalue weighted by molar-refractivity contribution is -0.123. The zero-order valence-electron chi connectivity index (χ0n) is 20.2. The first-order valence-electron chi connectivity index (χ1n) is 11.9. The van der Waals surface area contributed by atoms with Gasteiger partial charge < -0.3 is 24.5 Å². The number of rotatable bonds is 7. The van der Waals surface area contributed by atoms with Gasteiger partial charge in [-0.15, -0.1) is 0 Å². The quantitative estimate of drug-likeness (QED) is 0.460. The number of amides is 2. The van der Waals surface area contributed by atoms with E-state index in [1.54, 1.807) is 4.90 Å². The van der Waals surface area contributed by atoms with Crippen LogP contribution in [0, 0.1) is 11.6 Å². The van der Waals surface area contributed by atoms with E-state index in [1.165, 1.54) is 24.3 Å². The first kappa shape index (κ1) is 27.1. The number of ether oxygens (including phenoxy) is 1. The van der Waals surface area contributed by atoms with Gasteiger partial charge in [0.1, 0.15) is 23.9 Å². The van der Waals surface area contributed by atoms with Crippen molar-refractivity contribution in [2.45, 2.75) is 32.2 Å². The Bertz CT molecular complexity index is 1030. The van der Waals surface area contributed by atoms with Gasteiger partial charge in [0.15, 0.2) is 0 Å². The van der Waals surface area contributed by atoms with E-state index in [-0.39, 0.29) is 31.0 Å². The number of nitrogens with zero attached hydrogens (tertiary/aromatic N) is 3. The van der Waals surface area contributed by atoms with Gasteiger partial charge >= 0.3 is 0 Å². The van der Waals surface area contributed by atoms with Crippen molar-refractivity contribution in [2.24, 2.45) is 0 Å². The molecule has 2 fully saturated rings. The van der Waals surface area contributed by atoms with Gasteiger partial charge in [0.2, 0.25) is 5.91 Å². The van der Waals surface area contributed by atoms with Crippen molar-refractivity contribution in [1.82, 2.24) is 9.80 Å². The third kappa shape index (κ3) is 7.24. The minimum absolute atomic E-state index is 0.102. The second kappa shape index (κ2) is 13.0. The second-order valence-corrected chi connectivity index (χ2v) is 8.76. The lowest BCUT2D eigenvalue weighted by Gasteiger charge is -2.34. The molecule has 0 unspecified atom stereocenters. The minimum atomic E-state index is -0.823. The van der Waals surface area contributed by atoms with Crippen molar-refractivity contribution >= 4 is 24.0 Å². The van der Waals surface area contributed by atoms with Gasteiger partial charge in [-0.05, 0) is 69.1 Å². The van der Waals surface area contributed by atoms with Crippen LogP contribution in [0.3, 0.4) is 0 Å². The maximum absolute atomic E-state index is 13.4. The number of carbonyl (C=O) groups excluding carboxylic acids is 2. The van der Waals surface area contributed by atoms with Crippen molar-refractivity contribution in [3.05, 3.63) is 59.7 Å². The average Bonchev–Trinajstić information content (AvgIpc) is 3.26. The molecular formula is C26H31F2N3O5. The Kier molecular flexibility index (Phi) is 9.75. The molecule has 0 aliphatic carbocycles. The first-order chi connectivity index (χ1) is 17.3. The van der Waals surface area contributed by atoms with Gasteiger partial charge in [-0.25, -0.2) is 8.78 Å². The Morgan fingerprint density at radius 1 is 1.11 bits per heavy atom. The Morgan fingerprint density at radius 2 is 1.78 bits per heavy atom. The monoisotopic (exact) mass is 503 g/mol. The summed E-state index contributed by atoms with van der Waals surface area (Å²) < 4.78 is 32.7. The van der Waals surface area contributed by atoms with E-state index in [0.29, 0.717) is 25.3 Å². The Hall–Kier alpha value is -3.53. The molecule has 0 saturated carbocycles. The van der Waals surface area contributed by atoms with E-state index in [0.717, 1.165) is 36.5 Å². The van der Waals surface area contributed by atoms with Crippen LogP contribution in [-0.4, -0.2) is 78.6 Å². The summed E-state index contributed by atoms with van der Waals surface area (Å²) in [4.78, 5) is 39.0. The van der Waals surface area contributed by atoms with Crippen LogP contribution in [0.1, 0.15) is 36.5 Å². The van der Waals surface area contributed by atoms with E-state index in [4.69, 9.17) is 14.6 Å². The van der Waals surface area contributed by atoms with E-state index in [9.17, 15) is 18.4 Å². The molecule has 2 aliphatic heterocycles. The van der Waals surface area contributed by atoms with Gasteiger partial charge in [0, 0.05) is 43.0 Å². The van der Waals surface area contributed by atoms with Crippen LogP contribution >= 0.6 is 0 Å². The van der Waals surface area contributed by atoms with E-state index in [1.807, 2.05) is 24.3 Å². The summed E-state index contributed by atoms with van der Waals surface area (Å²) in [5, 5.41) is 6.89. The Labute approximate surface area is 209 Å². The molecular weight excluding hydrogens is 472 g/mol. The Morgan fingerprint density at radius 3 is 2.36 bits per heavy atom. The third-order valence-electron chi connectivity index (χ3n) is 6.31. The first-order valence-corrected chi connectivity index (χ1v) is 11.9. The SMILES string of the molecule is C[C@@H]1CCCN1CCCOc1ccc(N2CCN(C(=O)c3cc(F)cc(F)c3)CC2=O)cc1.O=CO. The van der Waals surface area contributed by atoms with Gasteiger partial charge in [0.25, 0.3) is 12.4 Å². The molecule has 2 heterocycles. The van der Waals surface area contributed by atoms with Crippen LogP contribution in [0.15, 0.2) is 42.5 Å². The van der Waals surface area contributed by atoms with Crippen molar-refractivity contribution in [2.75, 3.05) is 44.2 Å². The van der Waals surface area contributed by atoms with E-state index < -0.39 is 17.5 Å². The number of hydrogen-bond acceptors (Lipinski definition) is 5. The van der Waals surface area contributed by atoms with Gasteiger partial charge in [0.05, 0.1) is 6.61 Å². The summed E-state index contributed by atoms with van der Waals surface area (Å²) in [6.45, 7) is 5.30. The molecule has 1 atom stereocenters. The maximum Gasteiger partial charge on any atom is 0.290 e. The number of piperazine rings is 1. The lowest BCUT2D eigenvalue weighted by atomic mass is 10.1. The predicted molar refractivity (Wildman–Crippen MR) is 130 cm³/mol. The molecule has 10 heteroatoms. The van der Waals surface area contributed by atoms with Crippen LogP contribution in [0.4, 0.5) is 14.5 Å². The number of carboxylic acid groups (broad SMARTS) is 1. The normalized spacial score (nSPS) is 18.0. The number of likely N-dealkylation sites (tertiary alicyclic amines) is 1. The minimum Gasteiger partial charge on any atom is -0.494 e. The molecule has 0 radical (unpaired) electrons. The van der Waals surface area contributed by atoms with Crippen LogP contribution < -0.4 is 9.64 Å². The molecule has 0 bridgehead atoms. The van der Waals surface area contributed by atoms with Gasteiger partial charge in [-0.2, -0.15) is 0 Å². The predicted octanol–water partition coefficient (Wildman–Crippen LogP) is 3.41. The second-order valence-electron chi connectivity index (χ2n) is 8.76. The van der Waals surface area contributed by atoms with Crippen molar-refractivity contribution in [3.63, 3.8) is 0 Å². The molecule has 1 N–H and O–H groups in total. The molecule has 2 aromatic rings. The van der Waals surface area contributed by atoms with Crippen molar-refractivity contribution < 1.29 is 33.0 Å². The molecule has 2 aromatic carbocycles. The fourth-order valence-corrected chi connectivity index (χ4v) is 4.48. The summed E-state index contributed by atoms with van der Waals surface area (Å²) in [5.41, 5.74) is 0.622. The van der Waals surface area contributed by atoms with Crippen LogP contribution in [0.2, 0.25) is 0 Å². The summed E-state index contributed by atoms with van der Waals surface area (Å²) >= 11 is 0. The highest BCUT2D eigenvalue weighted by Gasteiger charge is 2.29. The number of carbonyl (C=O) groups is 3. The molecule has 0 aromatic heterocycles. The fraction of sp³-hybridized carbons (Fsp3) is 0.423. The summed E-state index contributed by atoms with van der Waals surface area (Å²) in [6, 6.07) is 10.7. The number of hydrogen-bond donors (Lipinski definition) is 1. The summed E-state index contributed by atoms with van der Waals surface area (Å²) in [6.07, 6.45) is 3.51. The lowest BCUT2D eigenvalue weighted by Crippen LogP contribution is -2.52. The molecule has 0 spiro atoms. The molecule has 2 amide bonds. The zero-order chi connectivity index (χ0) is 26.1. The van der Waals surface area contributed by atoms with E-state index in [2.05, 4.69) is 11.8 Å². The molecule has 36 heavy (non-hydrogen) atoms. The van der Waals surface area contributed by atoms with Crippen molar-refractivity contribution in [1.29, 1.82) is 0 Å². The van der Waals surface area contributed by atoms with Crippen LogP contribution in [0.25, 0.3) is 0 Å². The summed E-state index contributed by atoms with van der Waals surface area (Å²) in [7, 11) is 0. The van der Waals surface area contributed by atoms with Crippen LogP contribution in [0.5, 0.6) is 5.75 Å². The zero-order valence-corrected chi connectivity index (χ0v) is 20.2. The molecule has 194 valence electrons. The highest BCUT2D eigenvalue weighted by molar-refractivity contribution is 6.01. The Balaban J connectivity index is 0.00000115. The van der Waals surface area contributed by atoms with Gasteiger partial charge in [-0.3, -0.25) is 14.4 Å². The number of anilines is 1. The fourth-order valence-electron chi connectivity index (χ4n) is 4.48. The summed E-state index contributed by atoms with van der Waals surface area (Å²) in [5.74, 6) is -1.71. The standard InChI is InChI=1S/C25H29F2N3O3.CH2O2/c1-18-4-2-9-28(18)10-3-13-33-23-7-5-22(6-8-23)30-12-11-29(17-24(30)31)25(32)19-14-20(26)16-21(27)15-19;2-1-3/h5-8,14-16,18H,2-4,9-13,17H2,1H3;1H,(H,2,3)/t18-;/m1./s1. The highest BCUT2D eigenvalue weighted by Crippen LogP contribution is 2.23. The van der Waals surface area contributed by atoms with Gasteiger partial charge in [-0.1, -0.05) is 0 Å². The third-order valence-corrected chi connectivity index (χ3v) is 6.31. The molecule has 4 rings (SSSR count). The molecule has 2 aliphatic rings.